The third-order valence-corrected chi connectivity index (χ3v) is 5.18. The molecule has 3 aliphatic rings. The maximum Gasteiger partial charge on any atom is 0.262 e. The van der Waals surface area contributed by atoms with E-state index in [1.54, 1.807) is 11.0 Å². The number of rotatable bonds is 0. The lowest BCUT2D eigenvalue weighted by Crippen LogP contribution is -2.68. The Morgan fingerprint density at radius 2 is 2.04 bits per heavy atom. The van der Waals surface area contributed by atoms with E-state index in [2.05, 4.69) is 0 Å². The Morgan fingerprint density at radius 1 is 1.17 bits per heavy atom. The van der Waals surface area contributed by atoms with Crippen LogP contribution in [0.25, 0.3) is 0 Å². The highest BCUT2D eigenvalue weighted by Crippen LogP contribution is 2.58. The normalized spacial score (nSPS) is 27.6. The van der Waals surface area contributed by atoms with Crippen LogP contribution < -0.4 is 9.64 Å². The Labute approximate surface area is 138 Å². The van der Waals surface area contributed by atoms with E-state index < -0.39 is 5.60 Å². The number of β-lactam (4-membered cyclic amide) rings is 1. The lowest BCUT2D eigenvalue weighted by atomic mass is 9.75. The van der Waals surface area contributed by atoms with Crippen molar-refractivity contribution in [2.75, 3.05) is 11.5 Å². The van der Waals surface area contributed by atoms with E-state index >= 15 is 0 Å². The van der Waals surface area contributed by atoms with Gasteiger partial charge < -0.3 is 9.47 Å². The van der Waals surface area contributed by atoms with E-state index in [9.17, 15) is 4.79 Å². The van der Waals surface area contributed by atoms with Gasteiger partial charge >= 0.3 is 0 Å². The van der Waals surface area contributed by atoms with Crippen LogP contribution in [0, 0.1) is 0 Å². The fourth-order valence-corrected chi connectivity index (χ4v) is 4.13. The summed E-state index contributed by atoms with van der Waals surface area (Å²) >= 11 is 6.21. The van der Waals surface area contributed by atoms with E-state index in [0.29, 0.717) is 17.4 Å². The number of amides is 1. The molecule has 0 aliphatic carbocycles. The highest BCUT2D eigenvalue weighted by molar-refractivity contribution is 6.30. The summed E-state index contributed by atoms with van der Waals surface area (Å²) < 4.78 is 12.0. The van der Waals surface area contributed by atoms with Gasteiger partial charge in [0.1, 0.15) is 11.8 Å². The summed E-state index contributed by atoms with van der Waals surface area (Å²) in [6, 6.07) is 13.0. The Bertz CT molecular complexity index is 829. The van der Waals surface area contributed by atoms with E-state index in [4.69, 9.17) is 21.1 Å². The maximum absolute atomic E-state index is 12.9. The smallest absolute Gasteiger partial charge is 0.262 e. The van der Waals surface area contributed by atoms with E-state index in [1.807, 2.05) is 36.4 Å². The van der Waals surface area contributed by atoms with Crippen molar-refractivity contribution in [2.45, 2.75) is 24.5 Å². The fraction of sp³-hybridized carbons (Fsp3) is 0.278. The number of halogens is 1. The summed E-state index contributed by atoms with van der Waals surface area (Å²) in [5, 5.41) is 0.630. The molecule has 0 unspecified atom stereocenters. The summed E-state index contributed by atoms with van der Waals surface area (Å²) in [7, 11) is 0. The van der Waals surface area contributed by atoms with Gasteiger partial charge in [0.2, 0.25) is 0 Å². The van der Waals surface area contributed by atoms with Crippen LogP contribution in [-0.4, -0.2) is 18.1 Å². The number of carbonyl (C=O) groups is 1. The molecular formula is C18H14ClNO3. The molecule has 2 aromatic carbocycles. The molecule has 2 fully saturated rings. The zero-order valence-corrected chi connectivity index (χ0v) is 13.0. The predicted octanol–water partition coefficient (Wildman–Crippen LogP) is 4.08. The average Bonchev–Trinajstić information content (AvgIpc) is 3.02. The minimum absolute atomic E-state index is 0.0175. The second kappa shape index (κ2) is 4.49. The molecule has 0 bridgehead atoms. The molecule has 1 amide bonds. The first-order chi connectivity index (χ1) is 11.2. The average molecular weight is 328 g/mol. The topological polar surface area (TPSA) is 38.8 Å². The van der Waals surface area contributed by atoms with Crippen molar-refractivity contribution in [1.29, 1.82) is 0 Å². The lowest BCUT2D eigenvalue weighted by molar-refractivity contribution is -0.156. The molecule has 5 heteroatoms. The Balaban J connectivity index is 1.77. The highest BCUT2D eigenvalue weighted by atomic mass is 35.5. The molecule has 0 N–H and O–H groups in total. The van der Waals surface area contributed by atoms with Gasteiger partial charge in [-0.15, -0.1) is 0 Å². The number of anilines is 1. The van der Waals surface area contributed by atoms with Crippen molar-refractivity contribution in [1.82, 2.24) is 0 Å². The minimum atomic E-state index is -0.764. The number of fused-ring (bicyclic) bond motifs is 6. The zero-order valence-electron chi connectivity index (χ0n) is 12.3. The first-order valence-corrected chi connectivity index (χ1v) is 8.12. The molecule has 0 aromatic heterocycles. The van der Waals surface area contributed by atoms with Crippen molar-refractivity contribution in [2.24, 2.45) is 0 Å². The molecule has 1 spiro atoms. The van der Waals surface area contributed by atoms with Gasteiger partial charge in [0, 0.05) is 17.2 Å². The second-order valence-corrected chi connectivity index (χ2v) is 6.61. The van der Waals surface area contributed by atoms with Gasteiger partial charge in [-0.2, -0.15) is 0 Å². The van der Waals surface area contributed by atoms with Crippen LogP contribution in [0.15, 0.2) is 42.5 Å². The fourth-order valence-electron chi connectivity index (χ4n) is 3.95. The first kappa shape index (κ1) is 13.4. The molecule has 5 rings (SSSR count). The summed E-state index contributed by atoms with van der Waals surface area (Å²) in [4.78, 5) is 14.7. The predicted molar refractivity (Wildman–Crippen MR) is 86.1 cm³/mol. The second-order valence-electron chi connectivity index (χ2n) is 6.17. The van der Waals surface area contributed by atoms with Crippen molar-refractivity contribution >= 4 is 23.2 Å². The Kier molecular flexibility index (Phi) is 2.62. The molecule has 2 saturated heterocycles. The first-order valence-electron chi connectivity index (χ1n) is 7.75. The Morgan fingerprint density at radius 3 is 2.87 bits per heavy atom. The number of hydrogen-bond donors (Lipinski definition) is 0. The SMILES string of the molecule is O=C1N2c3ccccc3Oc3ccc(Cl)cc3[C@H]2[C@]12CCCO2. The molecular weight excluding hydrogens is 314 g/mol. The quantitative estimate of drug-likeness (QED) is 0.684. The van der Waals surface area contributed by atoms with Crippen LogP contribution in [-0.2, 0) is 9.53 Å². The van der Waals surface area contributed by atoms with Gasteiger partial charge in [-0.3, -0.25) is 9.69 Å². The third-order valence-electron chi connectivity index (χ3n) is 4.94. The van der Waals surface area contributed by atoms with Crippen LogP contribution >= 0.6 is 11.6 Å². The standard InChI is InChI=1S/C18H14ClNO3/c19-11-6-7-14-12(10-11)16-18(8-3-9-22-18)17(21)20(16)13-4-1-2-5-15(13)23-14/h1-2,4-7,10,16H,3,8-9H2/t16-,18+/m0/s1. The number of nitrogens with zero attached hydrogens (tertiary/aromatic N) is 1. The molecule has 3 aliphatic heterocycles. The summed E-state index contributed by atoms with van der Waals surface area (Å²) in [5.41, 5.74) is 0.936. The van der Waals surface area contributed by atoms with Crippen molar-refractivity contribution < 1.29 is 14.3 Å². The Hall–Kier alpha value is -2.04. The van der Waals surface area contributed by atoms with Gasteiger partial charge in [0.15, 0.2) is 11.4 Å². The summed E-state index contributed by atoms with van der Waals surface area (Å²) in [6.07, 6.45) is 1.63. The molecule has 4 nitrogen and oxygen atoms in total. The summed E-state index contributed by atoms with van der Waals surface area (Å²) in [5.74, 6) is 1.43. The van der Waals surface area contributed by atoms with E-state index in [1.165, 1.54) is 0 Å². The molecule has 23 heavy (non-hydrogen) atoms. The molecule has 3 heterocycles. The summed E-state index contributed by atoms with van der Waals surface area (Å²) in [6.45, 7) is 0.620. The van der Waals surface area contributed by atoms with Gasteiger partial charge in [-0.1, -0.05) is 23.7 Å². The minimum Gasteiger partial charge on any atom is -0.455 e. The van der Waals surface area contributed by atoms with Crippen LogP contribution in [0.3, 0.4) is 0 Å². The van der Waals surface area contributed by atoms with Gasteiger partial charge in [0.05, 0.1) is 5.69 Å². The monoisotopic (exact) mass is 327 g/mol. The molecule has 2 atom stereocenters. The van der Waals surface area contributed by atoms with Crippen LogP contribution in [0.5, 0.6) is 11.5 Å². The highest BCUT2D eigenvalue weighted by Gasteiger charge is 2.65. The van der Waals surface area contributed by atoms with Crippen LogP contribution in [0.4, 0.5) is 5.69 Å². The maximum atomic E-state index is 12.9. The number of ether oxygens (including phenoxy) is 2. The van der Waals surface area contributed by atoms with E-state index in [-0.39, 0.29) is 11.9 Å². The van der Waals surface area contributed by atoms with Gasteiger partial charge in [-0.05, 0) is 43.2 Å². The molecule has 0 saturated carbocycles. The van der Waals surface area contributed by atoms with Crippen molar-refractivity contribution in [3.8, 4) is 11.5 Å². The van der Waals surface area contributed by atoms with E-state index in [0.717, 1.165) is 29.8 Å². The van der Waals surface area contributed by atoms with Crippen LogP contribution in [0.1, 0.15) is 24.4 Å². The van der Waals surface area contributed by atoms with Gasteiger partial charge in [0.25, 0.3) is 5.91 Å². The van der Waals surface area contributed by atoms with Crippen LogP contribution in [0.2, 0.25) is 5.02 Å². The van der Waals surface area contributed by atoms with Gasteiger partial charge in [-0.25, -0.2) is 0 Å². The third kappa shape index (κ3) is 1.62. The molecule has 116 valence electrons. The van der Waals surface area contributed by atoms with Crippen molar-refractivity contribution in [3.63, 3.8) is 0 Å². The largest absolute Gasteiger partial charge is 0.455 e. The molecule has 2 aromatic rings. The van der Waals surface area contributed by atoms with Crippen molar-refractivity contribution in [3.05, 3.63) is 53.1 Å². The zero-order chi connectivity index (χ0) is 15.6. The number of carbonyl (C=O) groups excluding carboxylic acids is 1. The number of para-hydroxylation sites is 2. The molecule has 0 radical (unpaired) electrons. The lowest BCUT2D eigenvalue weighted by Gasteiger charge is -2.52. The number of hydrogen-bond acceptors (Lipinski definition) is 3. The number of benzene rings is 2.